The van der Waals surface area contributed by atoms with E-state index in [1.165, 1.54) is 32.1 Å². The van der Waals surface area contributed by atoms with Crippen molar-refractivity contribution in [3.05, 3.63) is 0 Å². The summed E-state index contributed by atoms with van der Waals surface area (Å²) in [6.07, 6.45) is 7.23. The molecule has 3 atom stereocenters. The van der Waals surface area contributed by atoms with Gasteiger partial charge < -0.3 is 0 Å². The standard InChI is InChI=1S/C14H28/c1-6-14(5)8-7-13(10-14)12(4)9-11(2)3/h11-13H,6-10H2,1-5H3. The van der Waals surface area contributed by atoms with Gasteiger partial charge in [-0.1, -0.05) is 41.0 Å². The van der Waals surface area contributed by atoms with Gasteiger partial charge in [-0.25, -0.2) is 0 Å². The Morgan fingerprint density at radius 3 is 2.36 bits per heavy atom. The van der Waals surface area contributed by atoms with Gasteiger partial charge >= 0.3 is 0 Å². The first-order valence-corrected chi connectivity index (χ1v) is 6.47. The van der Waals surface area contributed by atoms with E-state index in [0.29, 0.717) is 5.41 Å². The smallest absolute Gasteiger partial charge is 0.0326 e. The zero-order valence-corrected chi connectivity index (χ0v) is 10.8. The molecule has 0 aromatic heterocycles. The van der Waals surface area contributed by atoms with E-state index in [0.717, 1.165) is 17.8 Å². The van der Waals surface area contributed by atoms with Gasteiger partial charge in [0, 0.05) is 0 Å². The van der Waals surface area contributed by atoms with Crippen molar-refractivity contribution >= 4 is 0 Å². The summed E-state index contributed by atoms with van der Waals surface area (Å²) in [5.74, 6) is 2.84. The minimum Gasteiger partial charge on any atom is -0.0649 e. The summed E-state index contributed by atoms with van der Waals surface area (Å²) in [6, 6.07) is 0. The average molecular weight is 196 g/mol. The molecule has 3 unspecified atom stereocenters. The lowest BCUT2D eigenvalue weighted by molar-refractivity contribution is 0.258. The van der Waals surface area contributed by atoms with Gasteiger partial charge in [0.25, 0.3) is 0 Å². The molecule has 14 heavy (non-hydrogen) atoms. The summed E-state index contributed by atoms with van der Waals surface area (Å²) >= 11 is 0. The number of rotatable bonds is 4. The zero-order chi connectivity index (χ0) is 10.8. The van der Waals surface area contributed by atoms with Gasteiger partial charge in [-0.3, -0.25) is 0 Å². The molecule has 0 aromatic carbocycles. The van der Waals surface area contributed by atoms with Crippen LogP contribution in [0, 0.1) is 23.2 Å². The van der Waals surface area contributed by atoms with Crippen molar-refractivity contribution in [2.75, 3.05) is 0 Å². The Morgan fingerprint density at radius 2 is 1.93 bits per heavy atom. The van der Waals surface area contributed by atoms with Crippen LogP contribution in [0.5, 0.6) is 0 Å². The molecule has 1 aliphatic rings. The molecule has 1 saturated carbocycles. The van der Waals surface area contributed by atoms with Gasteiger partial charge in [0.15, 0.2) is 0 Å². The summed E-state index contributed by atoms with van der Waals surface area (Å²) < 4.78 is 0. The van der Waals surface area contributed by atoms with E-state index in [4.69, 9.17) is 0 Å². The Labute approximate surface area is 90.5 Å². The Hall–Kier alpha value is 0. The van der Waals surface area contributed by atoms with Crippen LogP contribution in [-0.4, -0.2) is 0 Å². The van der Waals surface area contributed by atoms with Crippen molar-refractivity contribution < 1.29 is 0 Å². The third-order valence-electron chi connectivity index (χ3n) is 4.38. The van der Waals surface area contributed by atoms with Gasteiger partial charge in [0.05, 0.1) is 0 Å². The third-order valence-corrected chi connectivity index (χ3v) is 4.38. The van der Waals surface area contributed by atoms with E-state index in [9.17, 15) is 0 Å². The first kappa shape index (κ1) is 12.1. The highest BCUT2D eigenvalue weighted by molar-refractivity contribution is 4.86. The molecular weight excluding hydrogens is 168 g/mol. The zero-order valence-electron chi connectivity index (χ0n) is 10.8. The fourth-order valence-corrected chi connectivity index (χ4v) is 3.11. The van der Waals surface area contributed by atoms with Gasteiger partial charge in [-0.15, -0.1) is 0 Å². The highest BCUT2D eigenvalue weighted by Crippen LogP contribution is 2.47. The summed E-state index contributed by atoms with van der Waals surface area (Å²) in [5.41, 5.74) is 0.676. The highest BCUT2D eigenvalue weighted by Gasteiger charge is 2.35. The molecule has 0 aliphatic heterocycles. The normalized spacial score (nSPS) is 35.1. The summed E-state index contributed by atoms with van der Waals surface area (Å²) in [6.45, 7) is 12.0. The molecule has 1 aliphatic carbocycles. The van der Waals surface area contributed by atoms with Crippen molar-refractivity contribution in [1.29, 1.82) is 0 Å². The maximum atomic E-state index is 2.48. The molecule has 0 heteroatoms. The van der Waals surface area contributed by atoms with E-state index >= 15 is 0 Å². The molecule has 0 aromatic rings. The van der Waals surface area contributed by atoms with E-state index in [-0.39, 0.29) is 0 Å². The number of hydrogen-bond donors (Lipinski definition) is 0. The van der Waals surface area contributed by atoms with Crippen molar-refractivity contribution in [2.45, 2.75) is 66.7 Å². The van der Waals surface area contributed by atoms with Gasteiger partial charge in [-0.2, -0.15) is 0 Å². The molecule has 0 amide bonds. The highest BCUT2D eigenvalue weighted by atomic mass is 14.4. The molecule has 0 spiro atoms. The molecule has 1 fully saturated rings. The van der Waals surface area contributed by atoms with Crippen molar-refractivity contribution in [2.24, 2.45) is 23.2 Å². The second-order valence-electron chi connectivity index (χ2n) is 6.27. The first-order valence-electron chi connectivity index (χ1n) is 6.47. The molecule has 84 valence electrons. The van der Waals surface area contributed by atoms with E-state index < -0.39 is 0 Å². The van der Waals surface area contributed by atoms with E-state index in [1.54, 1.807) is 0 Å². The van der Waals surface area contributed by atoms with Gasteiger partial charge in [-0.05, 0) is 48.9 Å². The van der Waals surface area contributed by atoms with E-state index in [2.05, 4.69) is 34.6 Å². The van der Waals surface area contributed by atoms with Crippen molar-refractivity contribution in [3.63, 3.8) is 0 Å². The van der Waals surface area contributed by atoms with Crippen LogP contribution in [0.25, 0.3) is 0 Å². The van der Waals surface area contributed by atoms with Crippen LogP contribution >= 0.6 is 0 Å². The third kappa shape index (κ3) is 3.00. The lowest BCUT2D eigenvalue weighted by atomic mass is 9.81. The van der Waals surface area contributed by atoms with Crippen molar-refractivity contribution in [3.8, 4) is 0 Å². The summed E-state index contributed by atoms with van der Waals surface area (Å²) in [5, 5.41) is 0. The summed E-state index contributed by atoms with van der Waals surface area (Å²) in [7, 11) is 0. The predicted octanol–water partition coefficient (Wildman–Crippen LogP) is 4.89. The van der Waals surface area contributed by atoms with Gasteiger partial charge in [0.2, 0.25) is 0 Å². The molecule has 0 saturated heterocycles. The summed E-state index contributed by atoms with van der Waals surface area (Å²) in [4.78, 5) is 0. The van der Waals surface area contributed by atoms with Crippen LogP contribution in [0.4, 0.5) is 0 Å². The monoisotopic (exact) mass is 196 g/mol. The molecule has 1 rings (SSSR count). The molecule has 0 nitrogen and oxygen atoms in total. The fraction of sp³-hybridized carbons (Fsp3) is 1.00. The molecule has 0 bridgehead atoms. The van der Waals surface area contributed by atoms with Crippen LogP contribution in [0.15, 0.2) is 0 Å². The van der Waals surface area contributed by atoms with Crippen LogP contribution in [-0.2, 0) is 0 Å². The Morgan fingerprint density at radius 1 is 1.29 bits per heavy atom. The second kappa shape index (κ2) is 4.68. The van der Waals surface area contributed by atoms with Crippen LogP contribution < -0.4 is 0 Å². The van der Waals surface area contributed by atoms with Crippen LogP contribution in [0.3, 0.4) is 0 Å². The molecule has 0 heterocycles. The minimum atomic E-state index is 0.676. The van der Waals surface area contributed by atoms with Gasteiger partial charge in [0.1, 0.15) is 0 Å². The fourth-order valence-electron chi connectivity index (χ4n) is 3.11. The Bertz CT molecular complexity index is 171. The van der Waals surface area contributed by atoms with E-state index in [1.807, 2.05) is 0 Å². The maximum Gasteiger partial charge on any atom is -0.0326 e. The molecule has 0 N–H and O–H groups in total. The largest absolute Gasteiger partial charge is 0.0649 e. The maximum absolute atomic E-state index is 2.48. The molecule has 0 radical (unpaired) electrons. The Balaban J connectivity index is 2.41. The number of hydrogen-bond acceptors (Lipinski definition) is 0. The average Bonchev–Trinajstić information content (AvgIpc) is 2.48. The second-order valence-corrected chi connectivity index (χ2v) is 6.27. The van der Waals surface area contributed by atoms with Crippen LogP contribution in [0.1, 0.15) is 66.7 Å². The lowest BCUT2D eigenvalue weighted by Gasteiger charge is -2.25. The first-order chi connectivity index (χ1) is 6.47. The quantitative estimate of drug-likeness (QED) is 0.601. The molecular formula is C14H28. The predicted molar refractivity (Wildman–Crippen MR) is 64.4 cm³/mol. The van der Waals surface area contributed by atoms with Crippen molar-refractivity contribution in [1.82, 2.24) is 0 Å². The topological polar surface area (TPSA) is 0 Å². The van der Waals surface area contributed by atoms with Crippen LogP contribution in [0.2, 0.25) is 0 Å². The Kier molecular flexibility index (Phi) is 4.04. The minimum absolute atomic E-state index is 0.676. The lowest BCUT2D eigenvalue weighted by Crippen LogP contribution is -2.14. The SMILES string of the molecule is CCC1(C)CCC(C(C)CC(C)C)C1.